The third kappa shape index (κ3) is 5.34. The van der Waals surface area contributed by atoms with Gasteiger partial charge in [-0.3, -0.25) is 9.40 Å². The lowest BCUT2D eigenvalue weighted by Crippen LogP contribution is -2.29. The van der Waals surface area contributed by atoms with E-state index in [2.05, 4.69) is 26.3 Å². The second-order valence-electron chi connectivity index (χ2n) is 9.07. The Morgan fingerprint density at radius 1 is 1.23 bits per heavy atom. The van der Waals surface area contributed by atoms with E-state index >= 15 is 0 Å². The van der Waals surface area contributed by atoms with Crippen molar-refractivity contribution >= 4 is 15.7 Å². The van der Waals surface area contributed by atoms with E-state index in [4.69, 9.17) is 14.6 Å². The average molecular weight is 502 g/mol. The molecule has 2 N–H and O–H groups in total. The van der Waals surface area contributed by atoms with Crippen LogP contribution < -0.4 is 14.8 Å². The normalized spacial score (nSPS) is 17.1. The Morgan fingerprint density at radius 2 is 2.03 bits per heavy atom. The predicted molar refractivity (Wildman–Crippen MR) is 131 cm³/mol. The number of hydrogen-bond donors (Lipinski definition) is 2. The third-order valence-corrected chi connectivity index (χ3v) is 7.04. The largest absolute Gasteiger partial charge is 0.479 e. The van der Waals surface area contributed by atoms with Crippen LogP contribution in [0.1, 0.15) is 24.1 Å². The Kier molecular flexibility index (Phi) is 6.76. The molecular formula is C23H31N7O4S. The van der Waals surface area contributed by atoms with Crippen molar-refractivity contribution in [3.63, 3.8) is 0 Å². The first-order valence-corrected chi connectivity index (χ1v) is 13.7. The molecule has 1 saturated heterocycles. The molecule has 0 saturated carbocycles. The maximum Gasteiger partial charge on any atom is 0.238 e. The molecule has 0 radical (unpaired) electrons. The topological polar surface area (TPSA) is 125 Å². The van der Waals surface area contributed by atoms with Crippen molar-refractivity contribution < 1.29 is 17.9 Å². The number of rotatable bonds is 7. The quantitative estimate of drug-likeness (QED) is 0.500. The molecule has 11 nitrogen and oxygen atoms in total. The SMILES string of the molecule is COc1ncc(-n2nc(-c3cnn(CC4CCNCC4)c3)c3c2CCOCC3)cc1NS(C)(=O)=O. The monoisotopic (exact) mass is 501 g/mol. The number of nitrogens with zero attached hydrogens (tertiary/aromatic N) is 5. The highest BCUT2D eigenvalue weighted by molar-refractivity contribution is 7.92. The van der Waals surface area contributed by atoms with Crippen molar-refractivity contribution in [2.45, 2.75) is 32.2 Å². The van der Waals surface area contributed by atoms with Gasteiger partial charge in [0, 0.05) is 30.3 Å². The summed E-state index contributed by atoms with van der Waals surface area (Å²) in [4.78, 5) is 4.32. The fourth-order valence-corrected chi connectivity index (χ4v) is 5.35. The van der Waals surface area contributed by atoms with Gasteiger partial charge < -0.3 is 14.8 Å². The van der Waals surface area contributed by atoms with Crippen LogP contribution in [0.2, 0.25) is 0 Å². The van der Waals surface area contributed by atoms with E-state index < -0.39 is 10.0 Å². The molecule has 2 aliphatic heterocycles. The predicted octanol–water partition coefficient (Wildman–Crippen LogP) is 1.63. The van der Waals surface area contributed by atoms with Crippen LogP contribution in [0.3, 0.4) is 0 Å². The number of aromatic nitrogens is 5. The molecular weight excluding hydrogens is 470 g/mol. The van der Waals surface area contributed by atoms with Gasteiger partial charge in [0.05, 0.1) is 56.0 Å². The van der Waals surface area contributed by atoms with Crippen LogP contribution in [0.15, 0.2) is 24.7 Å². The fourth-order valence-electron chi connectivity index (χ4n) is 4.80. The number of hydrogen-bond acceptors (Lipinski definition) is 8. The summed E-state index contributed by atoms with van der Waals surface area (Å²) in [6, 6.07) is 1.69. The van der Waals surface area contributed by atoms with Crippen molar-refractivity contribution in [1.29, 1.82) is 0 Å². The zero-order chi connectivity index (χ0) is 24.4. The third-order valence-electron chi connectivity index (χ3n) is 6.45. The second kappa shape index (κ2) is 9.96. The maximum absolute atomic E-state index is 11.9. The van der Waals surface area contributed by atoms with Gasteiger partial charge in [0.15, 0.2) is 0 Å². The highest BCUT2D eigenvalue weighted by Gasteiger charge is 2.24. The number of ether oxygens (including phenoxy) is 2. The van der Waals surface area contributed by atoms with Crippen LogP contribution in [-0.2, 0) is 34.1 Å². The highest BCUT2D eigenvalue weighted by Crippen LogP contribution is 2.32. The molecule has 0 unspecified atom stereocenters. The van der Waals surface area contributed by atoms with E-state index in [0.29, 0.717) is 31.2 Å². The molecule has 0 spiro atoms. The fraction of sp³-hybridized carbons (Fsp3) is 0.522. The van der Waals surface area contributed by atoms with Crippen LogP contribution in [-0.4, -0.2) is 72.6 Å². The lowest BCUT2D eigenvalue weighted by atomic mass is 9.98. The maximum atomic E-state index is 11.9. The summed E-state index contributed by atoms with van der Waals surface area (Å²) in [5.74, 6) is 0.818. The molecule has 2 aliphatic rings. The first-order valence-electron chi connectivity index (χ1n) is 11.9. The smallest absolute Gasteiger partial charge is 0.238 e. The molecule has 0 amide bonds. The number of methoxy groups -OCH3 is 1. The van der Waals surface area contributed by atoms with Gasteiger partial charge in [-0.25, -0.2) is 18.1 Å². The number of fused-ring (bicyclic) bond motifs is 1. The Balaban J connectivity index is 1.52. The van der Waals surface area contributed by atoms with Crippen molar-refractivity contribution in [1.82, 2.24) is 29.9 Å². The summed E-state index contributed by atoms with van der Waals surface area (Å²) < 4.78 is 41.1. The van der Waals surface area contributed by atoms with Crippen molar-refractivity contribution in [2.24, 2.45) is 5.92 Å². The van der Waals surface area contributed by atoms with Gasteiger partial charge in [0.25, 0.3) is 0 Å². The average Bonchev–Trinajstić information content (AvgIpc) is 3.35. The summed E-state index contributed by atoms with van der Waals surface area (Å²) >= 11 is 0. The number of anilines is 1. The van der Waals surface area contributed by atoms with E-state index in [1.54, 1.807) is 12.3 Å². The first-order chi connectivity index (χ1) is 16.9. The minimum atomic E-state index is -3.51. The van der Waals surface area contributed by atoms with Crippen molar-refractivity contribution in [2.75, 3.05) is 44.4 Å². The van der Waals surface area contributed by atoms with Gasteiger partial charge in [-0.15, -0.1) is 0 Å². The Morgan fingerprint density at radius 3 is 2.80 bits per heavy atom. The highest BCUT2D eigenvalue weighted by atomic mass is 32.2. The summed E-state index contributed by atoms with van der Waals surface area (Å²) in [7, 11) is -2.06. The molecule has 3 aromatic rings. The summed E-state index contributed by atoms with van der Waals surface area (Å²) in [6.45, 7) is 4.23. The second-order valence-corrected chi connectivity index (χ2v) is 10.8. The molecule has 3 aromatic heterocycles. The molecule has 5 rings (SSSR count). The van der Waals surface area contributed by atoms with Crippen molar-refractivity contribution in [3.05, 3.63) is 35.9 Å². The van der Waals surface area contributed by atoms with Crippen LogP contribution in [0.25, 0.3) is 16.9 Å². The van der Waals surface area contributed by atoms with Crippen molar-refractivity contribution in [3.8, 4) is 22.8 Å². The number of piperidine rings is 1. The minimum absolute atomic E-state index is 0.195. The molecule has 5 heterocycles. The Hall–Kier alpha value is -2.96. The summed E-state index contributed by atoms with van der Waals surface area (Å²) in [6.07, 6.45) is 10.4. The van der Waals surface area contributed by atoms with Gasteiger partial charge in [-0.05, 0) is 44.3 Å². The van der Waals surface area contributed by atoms with Gasteiger partial charge in [-0.2, -0.15) is 10.2 Å². The van der Waals surface area contributed by atoms with Crippen LogP contribution in [0.5, 0.6) is 5.88 Å². The molecule has 0 bridgehead atoms. The summed E-state index contributed by atoms with van der Waals surface area (Å²) in [5.41, 5.74) is 4.89. The van der Waals surface area contributed by atoms with Crippen LogP contribution in [0, 0.1) is 5.92 Å². The number of pyridine rings is 1. The Bertz CT molecular complexity index is 1300. The Labute approximate surface area is 204 Å². The number of sulfonamides is 1. The van der Waals surface area contributed by atoms with Crippen LogP contribution >= 0.6 is 0 Å². The van der Waals surface area contributed by atoms with Crippen LogP contribution in [0.4, 0.5) is 5.69 Å². The lowest BCUT2D eigenvalue weighted by Gasteiger charge is -2.22. The zero-order valence-electron chi connectivity index (χ0n) is 20.0. The van der Waals surface area contributed by atoms with Gasteiger partial charge >= 0.3 is 0 Å². The molecule has 0 aromatic carbocycles. The molecule has 1 fully saturated rings. The van der Waals surface area contributed by atoms with E-state index in [0.717, 1.165) is 67.7 Å². The molecule has 188 valence electrons. The van der Waals surface area contributed by atoms with Gasteiger partial charge in [-0.1, -0.05) is 0 Å². The van der Waals surface area contributed by atoms with Gasteiger partial charge in [0.2, 0.25) is 15.9 Å². The minimum Gasteiger partial charge on any atom is -0.479 e. The molecule has 0 aliphatic carbocycles. The van der Waals surface area contributed by atoms with E-state index in [-0.39, 0.29) is 11.6 Å². The summed E-state index contributed by atoms with van der Waals surface area (Å²) in [5, 5.41) is 13.0. The molecule has 0 atom stereocenters. The standard InChI is InChI=1S/C23H31N7O4S/c1-33-23-20(28-35(2,31)32)11-18(13-25-23)30-21-6-10-34-9-5-19(21)22(27-30)17-12-26-29(15-17)14-16-3-7-24-8-4-16/h11-13,15-16,24,28H,3-10,14H2,1-2H3. The zero-order valence-corrected chi connectivity index (χ0v) is 20.8. The molecule has 12 heteroatoms. The van der Waals surface area contributed by atoms with Gasteiger partial charge in [0.1, 0.15) is 5.69 Å². The van der Waals surface area contributed by atoms with E-state index in [1.807, 2.05) is 15.6 Å². The molecule has 35 heavy (non-hydrogen) atoms. The number of nitrogens with one attached hydrogen (secondary N) is 2. The van der Waals surface area contributed by atoms with E-state index in [1.165, 1.54) is 7.11 Å². The van der Waals surface area contributed by atoms with E-state index in [9.17, 15) is 8.42 Å². The lowest BCUT2D eigenvalue weighted by molar-refractivity contribution is 0.145. The first kappa shape index (κ1) is 23.8.